The second-order valence-electron chi connectivity index (χ2n) is 7.93. The van der Waals surface area contributed by atoms with Gasteiger partial charge in [-0.3, -0.25) is 14.0 Å². The molecule has 2 saturated heterocycles. The van der Waals surface area contributed by atoms with Crippen LogP contribution in [0.3, 0.4) is 0 Å². The lowest BCUT2D eigenvalue weighted by molar-refractivity contribution is -0.187. The lowest BCUT2D eigenvalue weighted by Crippen LogP contribution is -2.47. The fourth-order valence-corrected chi connectivity index (χ4v) is 4.52. The third-order valence-electron chi connectivity index (χ3n) is 6.14. The van der Waals surface area contributed by atoms with Crippen molar-refractivity contribution in [1.29, 1.82) is 0 Å². The first-order valence-electron chi connectivity index (χ1n) is 10.6. The predicted molar refractivity (Wildman–Crippen MR) is 108 cm³/mol. The monoisotopic (exact) mass is 414 g/mol. The van der Waals surface area contributed by atoms with Crippen molar-refractivity contribution in [2.24, 2.45) is 0 Å². The number of nitrogens with zero attached hydrogens (tertiary/aromatic N) is 4. The molecule has 0 atom stereocenters. The number of amides is 1. The molecule has 30 heavy (non-hydrogen) atoms. The van der Waals surface area contributed by atoms with E-state index in [1.165, 1.54) is 4.68 Å². The predicted octanol–water partition coefficient (Wildman–Crippen LogP) is 1.95. The van der Waals surface area contributed by atoms with Crippen molar-refractivity contribution in [3.8, 4) is 0 Å². The summed E-state index contributed by atoms with van der Waals surface area (Å²) in [5.74, 6) is 0.425. The van der Waals surface area contributed by atoms with Crippen LogP contribution in [-0.4, -0.2) is 57.1 Å². The van der Waals surface area contributed by atoms with Crippen LogP contribution in [0.5, 0.6) is 0 Å². The van der Waals surface area contributed by atoms with Crippen molar-refractivity contribution in [1.82, 2.24) is 19.1 Å². The lowest BCUT2D eigenvalue weighted by Gasteiger charge is -2.37. The Morgan fingerprint density at radius 2 is 1.97 bits per heavy atom. The highest BCUT2D eigenvalue weighted by atomic mass is 16.7. The van der Waals surface area contributed by atoms with Crippen LogP contribution >= 0.6 is 0 Å². The Hall–Kier alpha value is -2.65. The van der Waals surface area contributed by atoms with Crippen LogP contribution in [0.1, 0.15) is 38.4 Å². The summed E-state index contributed by atoms with van der Waals surface area (Å²) in [6.07, 6.45) is 4.68. The van der Waals surface area contributed by atoms with E-state index in [9.17, 15) is 9.59 Å². The minimum Gasteiger partial charge on any atom is -0.463 e. The van der Waals surface area contributed by atoms with E-state index in [0.29, 0.717) is 76.1 Å². The largest absolute Gasteiger partial charge is 0.463 e. The molecule has 160 valence electrons. The van der Waals surface area contributed by atoms with Gasteiger partial charge in [-0.15, -0.1) is 0 Å². The number of aromatic nitrogens is 3. The van der Waals surface area contributed by atoms with Crippen molar-refractivity contribution in [2.45, 2.75) is 51.4 Å². The zero-order valence-electron chi connectivity index (χ0n) is 17.1. The van der Waals surface area contributed by atoms with Crippen LogP contribution in [0.25, 0.3) is 16.6 Å². The Labute approximate surface area is 173 Å². The van der Waals surface area contributed by atoms with Crippen LogP contribution in [0.2, 0.25) is 0 Å². The number of aryl methyl sites for hydroxylation is 2. The van der Waals surface area contributed by atoms with Crippen molar-refractivity contribution < 1.29 is 18.7 Å². The number of carbonyl (C=O) groups excluding carboxylic acids is 1. The third kappa shape index (κ3) is 3.22. The molecule has 0 unspecified atom stereocenters. The standard InChI is InChI=1S/C21H26N4O5/c1-2-18-22-24(20(27)16-14-17-15(25(16)18)5-11-28-17)8-3-4-19(26)23-9-6-21(7-10-23)29-12-13-30-21/h5,11,14H,2-4,6-10,12-13H2,1H3. The molecule has 1 amide bonds. The highest BCUT2D eigenvalue weighted by Crippen LogP contribution is 2.31. The molecular weight excluding hydrogens is 388 g/mol. The van der Waals surface area contributed by atoms with Gasteiger partial charge < -0.3 is 18.8 Å². The van der Waals surface area contributed by atoms with Crippen molar-refractivity contribution >= 4 is 22.5 Å². The third-order valence-corrected chi connectivity index (χ3v) is 6.14. The number of piperidine rings is 1. The maximum atomic E-state index is 12.9. The summed E-state index contributed by atoms with van der Waals surface area (Å²) in [6.45, 7) is 4.97. The molecule has 9 heteroatoms. The second-order valence-corrected chi connectivity index (χ2v) is 7.93. The van der Waals surface area contributed by atoms with E-state index in [1.807, 2.05) is 22.3 Å². The number of carbonyl (C=O) groups is 1. The van der Waals surface area contributed by atoms with Crippen molar-refractivity contribution in [3.63, 3.8) is 0 Å². The molecule has 9 nitrogen and oxygen atoms in total. The first-order valence-corrected chi connectivity index (χ1v) is 10.6. The molecule has 2 fully saturated rings. The first-order chi connectivity index (χ1) is 14.6. The Balaban J connectivity index is 1.25. The van der Waals surface area contributed by atoms with E-state index < -0.39 is 5.79 Å². The van der Waals surface area contributed by atoms with E-state index in [4.69, 9.17) is 13.9 Å². The summed E-state index contributed by atoms with van der Waals surface area (Å²) in [7, 11) is 0. The molecule has 5 heterocycles. The van der Waals surface area contributed by atoms with Crippen LogP contribution in [-0.2, 0) is 27.2 Å². The van der Waals surface area contributed by atoms with Crippen molar-refractivity contribution in [3.05, 3.63) is 34.6 Å². The molecule has 5 rings (SSSR count). The molecule has 0 bridgehead atoms. The SMILES string of the molecule is CCc1nn(CCCC(=O)N2CCC3(CC2)OCCO3)c(=O)c2cc3occc3n12. The summed E-state index contributed by atoms with van der Waals surface area (Å²) in [4.78, 5) is 27.4. The Kier molecular flexibility index (Phi) is 4.86. The number of rotatable bonds is 5. The molecule has 0 aliphatic carbocycles. The summed E-state index contributed by atoms with van der Waals surface area (Å²) in [5, 5.41) is 4.55. The van der Waals surface area contributed by atoms with Gasteiger partial charge in [0.1, 0.15) is 11.3 Å². The van der Waals surface area contributed by atoms with E-state index in [2.05, 4.69) is 5.10 Å². The molecule has 2 aliphatic heterocycles. The van der Waals surface area contributed by atoms with Crippen molar-refractivity contribution in [2.75, 3.05) is 26.3 Å². The molecule has 0 saturated carbocycles. The fraction of sp³-hybridized carbons (Fsp3) is 0.571. The Morgan fingerprint density at radius 1 is 1.20 bits per heavy atom. The summed E-state index contributed by atoms with van der Waals surface area (Å²) in [5.41, 5.74) is 1.92. The smallest absolute Gasteiger partial charge is 0.291 e. The highest BCUT2D eigenvalue weighted by molar-refractivity contribution is 5.82. The maximum absolute atomic E-state index is 12.9. The summed E-state index contributed by atoms with van der Waals surface area (Å²) >= 11 is 0. The van der Waals surface area contributed by atoms with Crippen LogP contribution in [0, 0.1) is 0 Å². The van der Waals surface area contributed by atoms with Crippen LogP contribution in [0.15, 0.2) is 27.6 Å². The normalized spacial score (nSPS) is 18.8. The fourth-order valence-electron chi connectivity index (χ4n) is 4.52. The lowest BCUT2D eigenvalue weighted by atomic mass is 10.0. The molecule has 0 radical (unpaired) electrons. The molecule has 2 aliphatic rings. The van der Waals surface area contributed by atoms with Gasteiger partial charge in [0.2, 0.25) is 5.91 Å². The van der Waals surface area contributed by atoms with E-state index in [-0.39, 0.29) is 11.5 Å². The average molecular weight is 414 g/mol. The summed E-state index contributed by atoms with van der Waals surface area (Å²) < 4.78 is 20.2. The number of furan rings is 1. The molecule has 0 N–H and O–H groups in total. The van der Waals surface area contributed by atoms with Gasteiger partial charge in [-0.05, 0) is 6.42 Å². The average Bonchev–Trinajstić information content (AvgIpc) is 3.47. The van der Waals surface area contributed by atoms with Gasteiger partial charge in [0, 0.05) is 57.5 Å². The van der Waals surface area contributed by atoms with Gasteiger partial charge in [-0.25, -0.2) is 4.68 Å². The second kappa shape index (κ2) is 7.55. The first kappa shape index (κ1) is 19.3. The molecule has 1 spiro atoms. The minimum atomic E-state index is -0.476. The van der Waals surface area contributed by atoms with Crippen LogP contribution in [0.4, 0.5) is 0 Å². The molecule has 0 aromatic carbocycles. The quantitative estimate of drug-likeness (QED) is 0.634. The summed E-state index contributed by atoms with van der Waals surface area (Å²) in [6, 6.07) is 3.60. The van der Waals surface area contributed by atoms with Gasteiger partial charge in [0.15, 0.2) is 11.4 Å². The van der Waals surface area contributed by atoms with E-state index in [1.54, 1.807) is 12.3 Å². The van der Waals surface area contributed by atoms with Gasteiger partial charge in [-0.2, -0.15) is 5.10 Å². The number of fused-ring (bicyclic) bond motifs is 3. The maximum Gasteiger partial charge on any atom is 0.291 e. The Morgan fingerprint density at radius 3 is 2.70 bits per heavy atom. The number of hydrogen-bond acceptors (Lipinski definition) is 6. The highest BCUT2D eigenvalue weighted by Gasteiger charge is 2.40. The number of likely N-dealkylation sites (tertiary alicyclic amines) is 1. The molecular formula is C21H26N4O5. The zero-order valence-corrected chi connectivity index (χ0v) is 17.1. The van der Waals surface area contributed by atoms with Gasteiger partial charge in [0.05, 0.1) is 25.0 Å². The minimum absolute atomic E-state index is 0.105. The zero-order chi connectivity index (χ0) is 20.7. The number of ether oxygens (including phenoxy) is 2. The topological polar surface area (TPSA) is 91.2 Å². The molecule has 3 aromatic heterocycles. The van der Waals surface area contributed by atoms with E-state index in [0.717, 1.165) is 11.3 Å². The van der Waals surface area contributed by atoms with Crippen LogP contribution < -0.4 is 5.56 Å². The Bertz CT molecular complexity index is 1130. The van der Waals surface area contributed by atoms with E-state index >= 15 is 0 Å². The van der Waals surface area contributed by atoms with Gasteiger partial charge in [0.25, 0.3) is 5.56 Å². The number of hydrogen-bond donors (Lipinski definition) is 0. The van der Waals surface area contributed by atoms with Gasteiger partial charge in [-0.1, -0.05) is 6.92 Å². The van der Waals surface area contributed by atoms with Gasteiger partial charge >= 0.3 is 0 Å². The molecule has 3 aromatic rings.